The number of hydrogen-bond donors (Lipinski definition) is 3. The number of methoxy groups -OCH3 is 2. The number of aryl methyl sites for hydroxylation is 1. The highest BCUT2D eigenvalue weighted by molar-refractivity contribution is 5.86. The van der Waals surface area contributed by atoms with Crippen LogP contribution < -0.4 is 20.1 Å². The van der Waals surface area contributed by atoms with Crippen LogP contribution >= 0.6 is 0 Å². The zero-order valence-corrected chi connectivity index (χ0v) is 13.0. The van der Waals surface area contributed by atoms with Crippen LogP contribution in [0.15, 0.2) is 18.2 Å². The summed E-state index contributed by atoms with van der Waals surface area (Å²) in [5.74, 6) is -0.801. The third-order valence-corrected chi connectivity index (χ3v) is 2.97. The number of rotatable bonds is 9. The van der Waals surface area contributed by atoms with Crippen molar-refractivity contribution in [1.29, 1.82) is 0 Å². The Bertz CT molecular complexity index is 573. The average molecular weight is 324 g/mol. The lowest BCUT2D eigenvalue weighted by Gasteiger charge is -2.09. The van der Waals surface area contributed by atoms with Crippen LogP contribution in [0.3, 0.4) is 0 Å². The lowest BCUT2D eigenvalue weighted by molar-refractivity contribution is -0.137. The number of nitrogens with one attached hydrogen (secondary N) is 2. The molecular formula is C15H20N2O6. The van der Waals surface area contributed by atoms with Gasteiger partial charge < -0.3 is 25.2 Å². The van der Waals surface area contributed by atoms with E-state index in [1.807, 2.05) is 6.07 Å². The standard InChI is InChI=1S/C15H20N2O6/c1-22-11-5-3-10(7-12(11)23-2)4-6-13(18)16-8-14(19)17-9-15(20)21/h3,5,7H,4,6,8-9H2,1-2H3,(H,16,18)(H,17,19)(H,20,21). The number of ether oxygens (including phenoxy) is 2. The van der Waals surface area contributed by atoms with Crippen LogP contribution in [0.2, 0.25) is 0 Å². The number of carbonyl (C=O) groups is 3. The van der Waals surface area contributed by atoms with Crippen molar-refractivity contribution < 1.29 is 29.0 Å². The summed E-state index contributed by atoms with van der Waals surface area (Å²) in [6, 6.07) is 5.37. The van der Waals surface area contributed by atoms with Crippen molar-refractivity contribution in [3.05, 3.63) is 23.8 Å². The van der Waals surface area contributed by atoms with Gasteiger partial charge in [0, 0.05) is 6.42 Å². The Hall–Kier alpha value is -2.77. The first-order chi connectivity index (χ1) is 11.0. The minimum atomic E-state index is -1.14. The Morgan fingerprint density at radius 1 is 1.00 bits per heavy atom. The third kappa shape index (κ3) is 6.68. The fourth-order valence-electron chi connectivity index (χ4n) is 1.80. The van der Waals surface area contributed by atoms with E-state index >= 15 is 0 Å². The Morgan fingerprint density at radius 2 is 1.65 bits per heavy atom. The predicted molar refractivity (Wildman–Crippen MR) is 81.5 cm³/mol. The van der Waals surface area contributed by atoms with Crippen molar-refractivity contribution >= 4 is 17.8 Å². The Balaban J connectivity index is 2.38. The fraction of sp³-hybridized carbons (Fsp3) is 0.400. The van der Waals surface area contributed by atoms with Crippen LogP contribution in [0.25, 0.3) is 0 Å². The minimum Gasteiger partial charge on any atom is -0.493 e. The van der Waals surface area contributed by atoms with Gasteiger partial charge in [-0.05, 0) is 24.1 Å². The molecule has 0 saturated heterocycles. The summed E-state index contributed by atoms with van der Waals surface area (Å²) < 4.78 is 10.3. The van der Waals surface area contributed by atoms with Gasteiger partial charge in [-0.1, -0.05) is 6.07 Å². The van der Waals surface area contributed by atoms with Crippen LogP contribution in [-0.2, 0) is 20.8 Å². The van der Waals surface area contributed by atoms with Gasteiger partial charge in [-0.2, -0.15) is 0 Å². The zero-order chi connectivity index (χ0) is 17.2. The molecule has 0 unspecified atom stereocenters. The Morgan fingerprint density at radius 3 is 2.26 bits per heavy atom. The van der Waals surface area contributed by atoms with E-state index in [9.17, 15) is 14.4 Å². The first kappa shape index (κ1) is 18.3. The number of carboxylic acids is 1. The summed E-state index contributed by atoms with van der Waals surface area (Å²) in [7, 11) is 3.07. The molecule has 0 aliphatic heterocycles. The summed E-state index contributed by atoms with van der Waals surface area (Å²) >= 11 is 0. The van der Waals surface area contributed by atoms with Crippen molar-refractivity contribution in [2.24, 2.45) is 0 Å². The van der Waals surface area contributed by atoms with Crippen molar-refractivity contribution in [1.82, 2.24) is 10.6 Å². The maximum absolute atomic E-state index is 11.7. The van der Waals surface area contributed by atoms with E-state index in [-0.39, 0.29) is 18.9 Å². The SMILES string of the molecule is COc1ccc(CCC(=O)NCC(=O)NCC(=O)O)cc1OC. The molecule has 0 fully saturated rings. The molecule has 0 bridgehead atoms. The molecule has 0 saturated carbocycles. The van der Waals surface area contributed by atoms with Crippen molar-refractivity contribution in [2.45, 2.75) is 12.8 Å². The second-order valence-electron chi connectivity index (χ2n) is 4.64. The fourth-order valence-corrected chi connectivity index (χ4v) is 1.80. The van der Waals surface area contributed by atoms with E-state index in [0.29, 0.717) is 17.9 Å². The monoisotopic (exact) mass is 324 g/mol. The van der Waals surface area contributed by atoms with Gasteiger partial charge in [-0.3, -0.25) is 14.4 Å². The van der Waals surface area contributed by atoms with Crippen LogP contribution in [0.4, 0.5) is 0 Å². The molecule has 1 aromatic carbocycles. The molecule has 126 valence electrons. The maximum atomic E-state index is 11.7. The Labute approximate surface area is 133 Å². The third-order valence-electron chi connectivity index (χ3n) is 2.97. The zero-order valence-electron chi connectivity index (χ0n) is 13.0. The van der Waals surface area contributed by atoms with Gasteiger partial charge in [0.15, 0.2) is 11.5 Å². The van der Waals surface area contributed by atoms with Crippen molar-refractivity contribution in [2.75, 3.05) is 27.3 Å². The lowest BCUT2D eigenvalue weighted by atomic mass is 10.1. The molecule has 0 aliphatic carbocycles. The highest BCUT2D eigenvalue weighted by atomic mass is 16.5. The minimum absolute atomic E-state index is 0.196. The second-order valence-corrected chi connectivity index (χ2v) is 4.64. The van der Waals surface area contributed by atoms with Crippen molar-refractivity contribution in [3.63, 3.8) is 0 Å². The number of benzene rings is 1. The van der Waals surface area contributed by atoms with Gasteiger partial charge in [-0.25, -0.2) is 0 Å². The quantitative estimate of drug-likeness (QED) is 0.587. The van der Waals surface area contributed by atoms with Crippen LogP contribution in [-0.4, -0.2) is 50.2 Å². The topological polar surface area (TPSA) is 114 Å². The molecular weight excluding hydrogens is 304 g/mol. The number of carboxylic acid groups (broad SMARTS) is 1. The molecule has 0 aliphatic rings. The number of hydrogen-bond acceptors (Lipinski definition) is 5. The molecule has 0 radical (unpaired) electrons. The maximum Gasteiger partial charge on any atom is 0.322 e. The summed E-state index contributed by atoms with van der Waals surface area (Å²) in [6.07, 6.45) is 0.671. The highest BCUT2D eigenvalue weighted by Crippen LogP contribution is 2.27. The molecule has 3 N–H and O–H groups in total. The first-order valence-electron chi connectivity index (χ1n) is 6.92. The summed E-state index contributed by atoms with van der Waals surface area (Å²) in [4.78, 5) is 33.2. The van der Waals surface area contributed by atoms with E-state index in [4.69, 9.17) is 14.6 Å². The highest BCUT2D eigenvalue weighted by Gasteiger charge is 2.09. The molecule has 23 heavy (non-hydrogen) atoms. The van der Waals surface area contributed by atoms with Gasteiger partial charge >= 0.3 is 5.97 Å². The molecule has 0 aromatic heterocycles. The van der Waals surface area contributed by atoms with E-state index in [1.165, 1.54) is 7.11 Å². The number of amides is 2. The van der Waals surface area contributed by atoms with Gasteiger partial charge in [0.2, 0.25) is 11.8 Å². The van der Waals surface area contributed by atoms with Crippen LogP contribution in [0, 0.1) is 0 Å². The lowest BCUT2D eigenvalue weighted by Crippen LogP contribution is -2.39. The summed E-state index contributed by atoms with van der Waals surface area (Å²) in [5, 5.41) is 13.0. The molecule has 1 rings (SSSR count). The summed E-state index contributed by atoms with van der Waals surface area (Å²) in [6.45, 7) is -0.724. The second kappa shape index (κ2) is 9.29. The predicted octanol–water partition coefficient (Wildman–Crippen LogP) is -0.0466. The van der Waals surface area contributed by atoms with Gasteiger partial charge in [0.25, 0.3) is 0 Å². The smallest absolute Gasteiger partial charge is 0.322 e. The Kier molecular flexibility index (Phi) is 7.38. The van der Waals surface area contributed by atoms with Gasteiger partial charge in [-0.15, -0.1) is 0 Å². The summed E-state index contributed by atoms with van der Waals surface area (Å²) in [5.41, 5.74) is 0.896. The van der Waals surface area contributed by atoms with Gasteiger partial charge in [0.05, 0.1) is 20.8 Å². The number of carbonyl (C=O) groups excluding carboxylic acids is 2. The molecule has 0 spiro atoms. The van der Waals surface area contributed by atoms with E-state index in [1.54, 1.807) is 19.2 Å². The van der Waals surface area contributed by atoms with Crippen LogP contribution in [0.1, 0.15) is 12.0 Å². The number of aliphatic carboxylic acids is 1. The van der Waals surface area contributed by atoms with E-state index in [0.717, 1.165) is 5.56 Å². The van der Waals surface area contributed by atoms with E-state index in [2.05, 4.69) is 10.6 Å². The molecule has 8 heteroatoms. The molecule has 8 nitrogen and oxygen atoms in total. The first-order valence-corrected chi connectivity index (χ1v) is 6.92. The van der Waals surface area contributed by atoms with Crippen molar-refractivity contribution in [3.8, 4) is 11.5 Å². The largest absolute Gasteiger partial charge is 0.493 e. The molecule has 2 amide bonds. The average Bonchev–Trinajstić information content (AvgIpc) is 2.55. The molecule has 0 atom stereocenters. The van der Waals surface area contributed by atoms with E-state index < -0.39 is 18.4 Å². The normalized spacial score (nSPS) is 9.83. The van der Waals surface area contributed by atoms with Gasteiger partial charge in [0.1, 0.15) is 6.54 Å². The molecule has 0 heterocycles. The van der Waals surface area contributed by atoms with Crippen LogP contribution in [0.5, 0.6) is 11.5 Å². The molecule has 1 aromatic rings.